The predicted octanol–water partition coefficient (Wildman–Crippen LogP) is 4.04. The molecule has 6 rings (SSSR count). The van der Waals surface area contributed by atoms with Gasteiger partial charge in [0.2, 0.25) is 11.8 Å². The minimum atomic E-state index is -0.445. The first-order chi connectivity index (χ1) is 23.9. The number of ether oxygens (including phenoxy) is 2. The van der Waals surface area contributed by atoms with Gasteiger partial charge in [-0.1, -0.05) is 23.8 Å². The van der Waals surface area contributed by atoms with E-state index in [2.05, 4.69) is 26.3 Å². The SMILES string of the molecule is COc1ccc(N2CC(C(=O)Nc3ccc(-c4cn(CCOCCCC(=O)CCCC[C@@H]5SC[C@@H]6NC(=O)N[C@@H]65)nn4)cc3)CC2=O)cc1. The van der Waals surface area contributed by atoms with Gasteiger partial charge in [-0.2, -0.15) is 11.8 Å². The summed E-state index contributed by atoms with van der Waals surface area (Å²) in [5, 5.41) is 17.8. The maximum atomic E-state index is 12.9. The van der Waals surface area contributed by atoms with Crippen molar-refractivity contribution in [1.29, 1.82) is 0 Å². The van der Waals surface area contributed by atoms with Crippen LogP contribution >= 0.6 is 11.8 Å². The molecule has 3 N–H and O–H groups in total. The van der Waals surface area contributed by atoms with Crippen molar-refractivity contribution >= 4 is 46.8 Å². The number of thioether (sulfide) groups is 1. The fourth-order valence-electron chi connectivity index (χ4n) is 6.47. The van der Waals surface area contributed by atoms with Crippen LogP contribution in [0, 0.1) is 5.92 Å². The Morgan fingerprint density at radius 2 is 1.80 bits per heavy atom. The lowest BCUT2D eigenvalue weighted by Crippen LogP contribution is -2.36. The van der Waals surface area contributed by atoms with Gasteiger partial charge in [-0.15, -0.1) is 5.10 Å². The summed E-state index contributed by atoms with van der Waals surface area (Å²) in [6, 6.07) is 15.0. The number of urea groups is 1. The molecule has 0 saturated carbocycles. The van der Waals surface area contributed by atoms with Crippen LogP contribution in [0.4, 0.5) is 16.2 Å². The van der Waals surface area contributed by atoms with E-state index < -0.39 is 5.92 Å². The topological polar surface area (TPSA) is 157 Å². The van der Waals surface area contributed by atoms with Crippen molar-refractivity contribution < 1.29 is 28.7 Å². The molecule has 0 bridgehead atoms. The van der Waals surface area contributed by atoms with Crippen molar-refractivity contribution in [1.82, 2.24) is 25.6 Å². The Morgan fingerprint density at radius 1 is 1.00 bits per heavy atom. The summed E-state index contributed by atoms with van der Waals surface area (Å²) in [5.74, 6) is 1.21. The molecule has 4 heterocycles. The zero-order valence-corrected chi connectivity index (χ0v) is 28.5. The number of hydrogen-bond acceptors (Lipinski definition) is 9. The van der Waals surface area contributed by atoms with Crippen LogP contribution in [0.3, 0.4) is 0 Å². The van der Waals surface area contributed by atoms with Crippen LogP contribution in [-0.2, 0) is 25.7 Å². The Hall–Kier alpha value is -4.43. The molecule has 260 valence electrons. The Kier molecular flexibility index (Phi) is 11.5. The average Bonchev–Trinajstić information content (AvgIpc) is 3.90. The van der Waals surface area contributed by atoms with Gasteiger partial charge in [-0.25, -0.2) is 9.48 Å². The van der Waals surface area contributed by atoms with E-state index in [9.17, 15) is 19.2 Å². The molecule has 0 aliphatic carbocycles. The van der Waals surface area contributed by atoms with E-state index in [1.54, 1.807) is 28.8 Å². The minimum Gasteiger partial charge on any atom is -0.497 e. The zero-order chi connectivity index (χ0) is 34.2. The van der Waals surface area contributed by atoms with E-state index in [1.807, 2.05) is 54.4 Å². The van der Waals surface area contributed by atoms with Crippen molar-refractivity contribution in [2.75, 3.05) is 42.8 Å². The van der Waals surface area contributed by atoms with E-state index in [-0.39, 0.29) is 42.1 Å². The van der Waals surface area contributed by atoms with Gasteiger partial charge in [-0.3, -0.25) is 14.4 Å². The Balaban J connectivity index is 0.840. The maximum Gasteiger partial charge on any atom is 0.315 e. The van der Waals surface area contributed by atoms with Crippen LogP contribution in [0.1, 0.15) is 44.9 Å². The molecule has 0 radical (unpaired) electrons. The first-order valence-corrected chi connectivity index (χ1v) is 17.9. The van der Waals surface area contributed by atoms with Gasteiger partial charge in [0, 0.05) is 60.4 Å². The highest BCUT2D eigenvalue weighted by atomic mass is 32.2. The smallest absolute Gasteiger partial charge is 0.315 e. The van der Waals surface area contributed by atoms with Gasteiger partial charge in [0.15, 0.2) is 0 Å². The summed E-state index contributed by atoms with van der Waals surface area (Å²) in [7, 11) is 1.59. The number of nitrogens with one attached hydrogen (secondary N) is 3. The number of nitrogens with zero attached hydrogens (tertiary/aromatic N) is 4. The minimum absolute atomic E-state index is 0.0601. The number of fused-ring (bicyclic) bond motifs is 1. The van der Waals surface area contributed by atoms with Crippen molar-refractivity contribution in [3.63, 3.8) is 0 Å². The second kappa shape index (κ2) is 16.3. The molecule has 0 spiro atoms. The molecule has 4 atom stereocenters. The second-order valence-electron chi connectivity index (χ2n) is 12.7. The summed E-state index contributed by atoms with van der Waals surface area (Å²) in [5.41, 5.74) is 2.95. The number of anilines is 2. The monoisotopic (exact) mass is 689 g/mol. The van der Waals surface area contributed by atoms with Gasteiger partial charge in [0.05, 0.1) is 44.5 Å². The van der Waals surface area contributed by atoms with E-state index in [0.717, 1.165) is 36.3 Å². The number of carbonyl (C=O) groups excluding carboxylic acids is 4. The fourth-order valence-corrected chi connectivity index (χ4v) is 8.01. The molecule has 3 saturated heterocycles. The normalized spacial score (nSPS) is 21.4. The number of aromatic nitrogens is 3. The Labute approximate surface area is 289 Å². The third-order valence-corrected chi connectivity index (χ3v) is 10.7. The highest BCUT2D eigenvalue weighted by molar-refractivity contribution is 8.00. The van der Waals surface area contributed by atoms with Gasteiger partial charge >= 0.3 is 6.03 Å². The predicted molar refractivity (Wildman–Crippen MR) is 187 cm³/mol. The molecular formula is C35H43N7O6S. The molecule has 4 amide bonds. The molecular weight excluding hydrogens is 646 g/mol. The lowest BCUT2D eigenvalue weighted by atomic mass is 10.0. The summed E-state index contributed by atoms with van der Waals surface area (Å²) in [6.45, 7) is 1.85. The molecule has 3 fully saturated rings. The quantitative estimate of drug-likeness (QED) is 0.141. The standard InChI is InChI=1S/C35H43N7O6S/c1-47-28-14-12-26(13-15-28)42-20-24(19-32(42)44)34(45)36-25-10-8-23(9-11-25)29-21-41(40-39-29)16-18-48-17-4-6-27(43)5-2-3-7-31-33-30(22-49-31)37-35(46)38-33/h8-15,21,24,30-31,33H,2-7,16-20,22H2,1H3,(H,36,45)(H2,37,38,46)/t24?,30-,31-,33-/m0/s1. The number of Topliss-reactive ketones (excluding diaryl/α,β-unsaturated/α-hetero) is 1. The zero-order valence-electron chi connectivity index (χ0n) is 27.6. The largest absolute Gasteiger partial charge is 0.497 e. The second-order valence-corrected chi connectivity index (χ2v) is 13.9. The molecule has 3 aliphatic rings. The third kappa shape index (κ3) is 8.98. The highest BCUT2D eigenvalue weighted by Crippen LogP contribution is 2.33. The number of rotatable bonds is 17. The van der Waals surface area contributed by atoms with E-state index in [0.29, 0.717) is 67.9 Å². The summed E-state index contributed by atoms with van der Waals surface area (Å²) in [4.78, 5) is 51.0. The van der Waals surface area contributed by atoms with Crippen LogP contribution in [0.15, 0.2) is 54.7 Å². The Morgan fingerprint density at radius 3 is 2.59 bits per heavy atom. The van der Waals surface area contributed by atoms with E-state index >= 15 is 0 Å². The molecule has 2 aromatic carbocycles. The number of unbranched alkanes of at least 4 members (excludes halogenated alkanes) is 1. The van der Waals surface area contributed by atoms with E-state index in [1.165, 1.54) is 0 Å². The van der Waals surface area contributed by atoms with Gasteiger partial charge in [0.1, 0.15) is 17.2 Å². The maximum absolute atomic E-state index is 12.9. The van der Waals surface area contributed by atoms with Crippen LogP contribution in [0.5, 0.6) is 5.75 Å². The lowest BCUT2D eigenvalue weighted by molar-refractivity contribution is -0.122. The van der Waals surface area contributed by atoms with Gasteiger partial charge in [-0.05, 0) is 55.7 Å². The molecule has 1 unspecified atom stereocenters. The van der Waals surface area contributed by atoms with Gasteiger partial charge < -0.3 is 30.3 Å². The van der Waals surface area contributed by atoms with Gasteiger partial charge in [0.25, 0.3) is 0 Å². The number of benzene rings is 2. The summed E-state index contributed by atoms with van der Waals surface area (Å²) >= 11 is 1.91. The summed E-state index contributed by atoms with van der Waals surface area (Å²) < 4.78 is 12.6. The fraction of sp³-hybridized carbons (Fsp3) is 0.486. The van der Waals surface area contributed by atoms with Crippen molar-refractivity contribution in [3.05, 3.63) is 54.7 Å². The number of carbonyl (C=O) groups is 4. The molecule has 1 aromatic heterocycles. The highest BCUT2D eigenvalue weighted by Gasteiger charge is 2.42. The Bertz CT molecular complexity index is 1620. The number of hydrogen-bond donors (Lipinski definition) is 3. The number of methoxy groups -OCH3 is 1. The molecule has 14 heteroatoms. The average molecular weight is 690 g/mol. The van der Waals surface area contributed by atoms with E-state index in [4.69, 9.17) is 9.47 Å². The third-order valence-electron chi connectivity index (χ3n) is 9.21. The van der Waals surface area contributed by atoms with Crippen molar-refractivity contribution in [3.8, 4) is 17.0 Å². The number of amides is 4. The lowest BCUT2D eigenvalue weighted by Gasteiger charge is -2.17. The van der Waals surface area contributed by atoms with Crippen LogP contribution in [0.25, 0.3) is 11.3 Å². The molecule has 49 heavy (non-hydrogen) atoms. The number of ketones is 1. The van der Waals surface area contributed by atoms with Crippen LogP contribution < -0.4 is 25.6 Å². The first kappa shape index (κ1) is 34.4. The first-order valence-electron chi connectivity index (χ1n) is 16.9. The molecule has 3 aliphatic heterocycles. The summed E-state index contributed by atoms with van der Waals surface area (Å²) in [6.07, 6.45) is 6.72. The molecule has 3 aromatic rings. The van der Waals surface area contributed by atoms with Crippen molar-refractivity contribution in [2.24, 2.45) is 5.92 Å². The van der Waals surface area contributed by atoms with Crippen LogP contribution in [0.2, 0.25) is 0 Å². The van der Waals surface area contributed by atoms with Crippen molar-refractivity contribution in [2.45, 2.75) is 68.8 Å². The molecule has 13 nitrogen and oxygen atoms in total. The van der Waals surface area contributed by atoms with Crippen LogP contribution in [-0.4, -0.2) is 88.6 Å².